The number of nitrogens with one attached hydrogen (secondary N) is 1. The summed E-state index contributed by atoms with van der Waals surface area (Å²) < 4.78 is 12.7. The van der Waals surface area contributed by atoms with Crippen LogP contribution in [0, 0.1) is 5.82 Å². The molecule has 0 radical (unpaired) electrons. The van der Waals surface area contributed by atoms with E-state index in [1.807, 2.05) is 0 Å². The molecule has 0 fully saturated rings. The Morgan fingerprint density at radius 2 is 1.95 bits per heavy atom. The Balaban J connectivity index is 2.42. The van der Waals surface area contributed by atoms with Crippen molar-refractivity contribution in [3.8, 4) is 0 Å². The molecule has 1 aromatic rings. The number of carboxylic acid groups (broad SMARTS) is 1. The van der Waals surface area contributed by atoms with Crippen molar-refractivity contribution in [2.24, 2.45) is 0 Å². The highest BCUT2D eigenvalue weighted by molar-refractivity contribution is 8.00. The summed E-state index contributed by atoms with van der Waals surface area (Å²) >= 11 is 1.17. The first-order valence-corrected chi connectivity index (χ1v) is 6.53. The Morgan fingerprint density at radius 3 is 2.47 bits per heavy atom. The molecule has 0 saturated carbocycles. The summed E-state index contributed by atoms with van der Waals surface area (Å²) in [5, 5.41) is 19.8. The number of aliphatic hydroxyl groups is 1. The van der Waals surface area contributed by atoms with Crippen LogP contribution in [-0.4, -0.2) is 40.5 Å². The van der Waals surface area contributed by atoms with Crippen molar-refractivity contribution in [1.82, 2.24) is 5.32 Å². The number of carboxylic acids is 1. The van der Waals surface area contributed by atoms with Crippen LogP contribution in [-0.2, 0) is 9.59 Å². The molecule has 1 amide bonds. The lowest BCUT2D eigenvalue weighted by Crippen LogP contribution is -2.42. The van der Waals surface area contributed by atoms with Crippen LogP contribution < -0.4 is 5.32 Å². The van der Waals surface area contributed by atoms with Crippen molar-refractivity contribution in [3.63, 3.8) is 0 Å². The highest BCUT2D eigenvalue weighted by Crippen LogP contribution is 2.17. The van der Waals surface area contributed by atoms with Gasteiger partial charge in [0.2, 0.25) is 5.91 Å². The minimum atomic E-state index is -1.19. The van der Waals surface area contributed by atoms with E-state index in [4.69, 9.17) is 10.2 Å². The summed E-state index contributed by atoms with van der Waals surface area (Å²) in [6.45, 7) is -0.317. The Morgan fingerprint density at radius 1 is 1.32 bits per heavy atom. The normalized spacial score (nSPS) is 11.9. The van der Waals surface area contributed by atoms with Gasteiger partial charge < -0.3 is 15.5 Å². The van der Waals surface area contributed by atoms with Crippen LogP contribution in [0.1, 0.15) is 6.42 Å². The molecule has 7 heteroatoms. The van der Waals surface area contributed by atoms with Crippen molar-refractivity contribution in [1.29, 1.82) is 0 Å². The first-order valence-electron chi connectivity index (χ1n) is 5.54. The lowest BCUT2D eigenvalue weighted by molar-refractivity contribution is -0.141. The molecule has 0 spiro atoms. The average Bonchev–Trinajstić information content (AvgIpc) is 2.37. The standard InChI is InChI=1S/C12H14FNO4S/c13-8-1-3-9(4-2-8)19-7-11(16)14-10(5-6-15)12(17)18/h1-4,10,15H,5-7H2,(H,14,16)(H,17,18)/t10-/m0/s1. The smallest absolute Gasteiger partial charge is 0.326 e. The molecule has 0 aromatic heterocycles. The Hall–Kier alpha value is -1.60. The van der Waals surface area contributed by atoms with Gasteiger partial charge in [-0.1, -0.05) is 0 Å². The Kier molecular flexibility index (Phi) is 6.31. The monoisotopic (exact) mass is 287 g/mol. The molecule has 0 saturated heterocycles. The minimum absolute atomic E-state index is 0.0286. The number of thioether (sulfide) groups is 1. The van der Waals surface area contributed by atoms with Gasteiger partial charge in [0.15, 0.2) is 0 Å². The quantitative estimate of drug-likeness (QED) is 0.648. The van der Waals surface area contributed by atoms with Crippen molar-refractivity contribution in [2.45, 2.75) is 17.4 Å². The largest absolute Gasteiger partial charge is 0.480 e. The highest BCUT2D eigenvalue weighted by Gasteiger charge is 2.18. The molecule has 0 heterocycles. The maximum Gasteiger partial charge on any atom is 0.326 e. The number of carbonyl (C=O) groups excluding carboxylic acids is 1. The van der Waals surface area contributed by atoms with Crippen LogP contribution in [0.25, 0.3) is 0 Å². The highest BCUT2D eigenvalue weighted by atomic mass is 32.2. The number of aliphatic carboxylic acids is 1. The van der Waals surface area contributed by atoms with E-state index in [-0.39, 0.29) is 24.6 Å². The first-order chi connectivity index (χ1) is 9.02. The topological polar surface area (TPSA) is 86.6 Å². The SMILES string of the molecule is O=C(CSc1ccc(F)cc1)N[C@@H](CCO)C(=O)O. The van der Waals surface area contributed by atoms with Crippen LogP contribution in [0.2, 0.25) is 0 Å². The molecule has 5 nitrogen and oxygen atoms in total. The molecule has 1 aromatic carbocycles. The second-order valence-electron chi connectivity index (χ2n) is 3.71. The van der Waals surface area contributed by atoms with Gasteiger partial charge in [-0.15, -0.1) is 11.8 Å². The zero-order valence-electron chi connectivity index (χ0n) is 10.0. The van der Waals surface area contributed by atoms with Gasteiger partial charge in [-0.25, -0.2) is 9.18 Å². The average molecular weight is 287 g/mol. The van der Waals surface area contributed by atoms with Crippen LogP contribution in [0.4, 0.5) is 4.39 Å². The van der Waals surface area contributed by atoms with Gasteiger partial charge in [-0.2, -0.15) is 0 Å². The van der Waals surface area contributed by atoms with E-state index in [1.54, 1.807) is 0 Å². The summed E-state index contributed by atoms with van der Waals surface area (Å²) in [4.78, 5) is 23.0. The van der Waals surface area contributed by atoms with Gasteiger partial charge in [0, 0.05) is 17.9 Å². The number of hydrogen-bond acceptors (Lipinski definition) is 4. The number of aliphatic hydroxyl groups excluding tert-OH is 1. The van der Waals surface area contributed by atoms with Crippen LogP contribution in [0.5, 0.6) is 0 Å². The summed E-state index contributed by atoms with van der Waals surface area (Å²) in [5.41, 5.74) is 0. The van der Waals surface area contributed by atoms with Crippen LogP contribution in [0.15, 0.2) is 29.2 Å². The van der Waals surface area contributed by atoms with Gasteiger partial charge >= 0.3 is 5.97 Å². The van der Waals surface area contributed by atoms with Gasteiger partial charge in [0.1, 0.15) is 11.9 Å². The number of amides is 1. The molecular formula is C12H14FNO4S. The first kappa shape index (κ1) is 15.5. The van der Waals surface area contributed by atoms with Gasteiger partial charge in [0.25, 0.3) is 0 Å². The maximum absolute atomic E-state index is 12.7. The van der Waals surface area contributed by atoms with E-state index in [9.17, 15) is 14.0 Å². The number of carbonyl (C=O) groups is 2. The third kappa shape index (κ3) is 5.71. The number of rotatable bonds is 7. The molecule has 1 atom stereocenters. The number of hydrogen-bond donors (Lipinski definition) is 3. The van der Waals surface area contributed by atoms with Crippen molar-refractivity contribution < 1.29 is 24.2 Å². The van der Waals surface area contributed by atoms with E-state index in [0.29, 0.717) is 4.90 Å². The van der Waals surface area contributed by atoms with E-state index in [0.717, 1.165) is 0 Å². The zero-order chi connectivity index (χ0) is 14.3. The van der Waals surface area contributed by atoms with Gasteiger partial charge in [-0.05, 0) is 24.3 Å². The lowest BCUT2D eigenvalue weighted by Gasteiger charge is -2.12. The lowest BCUT2D eigenvalue weighted by atomic mass is 10.2. The molecule has 0 bridgehead atoms. The van der Waals surface area contributed by atoms with Crippen molar-refractivity contribution >= 4 is 23.6 Å². The van der Waals surface area contributed by atoms with Crippen molar-refractivity contribution in [3.05, 3.63) is 30.1 Å². The molecule has 19 heavy (non-hydrogen) atoms. The number of benzene rings is 1. The Labute approximate surface area is 113 Å². The zero-order valence-corrected chi connectivity index (χ0v) is 10.8. The fourth-order valence-electron chi connectivity index (χ4n) is 1.30. The molecule has 0 aliphatic carbocycles. The van der Waals surface area contributed by atoms with Crippen LogP contribution >= 0.6 is 11.8 Å². The van der Waals surface area contributed by atoms with Gasteiger partial charge in [-0.3, -0.25) is 4.79 Å². The fraction of sp³-hybridized carbons (Fsp3) is 0.333. The molecule has 3 N–H and O–H groups in total. The summed E-state index contributed by atoms with van der Waals surface area (Å²) in [5.74, 6) is -1.96. The third-order valence-corrected chi connectivity index (χ3v) is 3.25. The summed E-state index contributed by atoms with van der Waals surface area (Å²) in [6.07, 6.45) is -0.0394. The van der Waals surface area contributed by atoms with E-state index in [2.05, 4.69) is 5.32 Å². The molecule has 0 aliphatic rings. The molecular weight excluding hydrogens is 273 g/mol. The predicted molar refractivity (Wildman–Crippen MR) is 68.4 cm³/mol. The third-order valence-electron chi connectivity index (χ3n) is 2.23. The van der Waals surface area contributed by atoms with Gasteiger partial charge in [0.05, 0.1) is 5.75 Å². The second-order valence-corrected chi connectivity index (χ2v) is 4.76. The predicted octanol–water partition coefficient (Wildman–Crippen LogP) is 0.870. The Bertz CT molecular complexity index is 438. The summed E-state index contributed by atoms with van der Waals surface area (Å²) in [7, 11) is 0. The second kappa shape index (κ2) is 7.75. The number of halogens is 1. The fourth-order valence-corrected chi connectivity index (χ4v) is 2.01. The van der Waals surface area contributed by atoms with Crippen LogP contribution in [0.3, 0.4) is 0 Å². The van der Waals surface area contributed by atoms with E-state index < -0.39 is 17.9 Å². The molecule has 0 unspecified atom stereocenters. The molecule has 0 aliphatic heterocycles. The van der Waals surface area contributed by atoms with E-state index >= 15 is 0 Å². The maximum atomic E-state index is 12.7. The minimum Gasteiger partial charge on any atom is -0.480 e. The molecule has 104 valence electrons. The molecule has 1 rings (SSSR count). The van der Waals surface area contributed by atoms with Crippen molar-refractivity contribution in [2.75, 3.05) is 12.4 Å². The van der Waals surface area contributed by atoms with E-state index in [1.165, 1.54) is 36.0 Å². The summed E-state index contributed by atoms with van der Waals surface area (Å²) in [6, 6.07) is 4.55.